The van der Waals surface area contributed by atoms with E-state index < -0.39 is 20.7 Å². The summed E-state index contributed by atoms with van der Waals surface area (Å²) in [7, 11) is -3.67. The summed E-state index contributed by atoms with van der Waals surface area (Å²) in [6, 6.07) is 7.44. The summed E-state index contributed by atoms with van der Waals surface area (Å²) >= 11 is 0. The minimum absolute atomic E-state index is 0.000531. The second-order valence-corrected chi connectivity index (χ2v) is 5.25. The molecule has 0 heterocycles. The van der Waals surface area contributed by atoms with Crippen molar-refractivity contribution in [2.45, 2.75) is 12.2 Å². The van der Waals surface area contributed by atoms with Crippen molar-refractivity contribution in [1.82, 2.24) is 4.72 Å². The standard InChI is InChI=1S/C10H11N3O4S/c11-6-3-7-12-18(16,17)8-9-4-1-2-5-10(9)13(14)15/h1-2,4-5,12H,3,7-8H2. The van der Waals surface area contributed by atoms with Crippen LogP contribution in [-0.2, 0) is 15.8 Å². The molecule has 1 rings (SSSR count). The molecule has 7 nitrogen and oxygen atoms in total. The van der Waals surface area contributed by atoms with Crippen molar-refractivity contribution in [2.24, 2.45) is 0 Å². The highest BCUT2D eigenvalue weighted by molar-refractivity contribution is 7.88. The van der Waals surface area contributed by atoms with Gasteiger partial charge in [0.05, 0.1) is 16.7 Å². The van der Waals surface area contributed by atoms with Gasteiger partial charge in [0.15, 0.2) is 0 Å². The Hall–Kier alpha value is -1.98. The van der Waals surface area contributed by atoms with Crippen molar-refractivity contribution in [3.8, 4) is 6.07 Å². The van der Waals surface area contributed by atoms with Crippen LogP contribution >= 0.6 is 0 Å². The molecular formula is C10H11N3O4S. The molecule has 8 heteroatoms. The van der Waals surface area contributed by atoms with Crippen LogP contribution in [0.3, 0.4) is 0 Å². The van der Waals surface area contributed by atoms with Gasteiger partial charge in [-0.05, 0) is 0 Å². The number of nitro groups is 1. The van der Waals surface area contributed by atoms with E-state index in [1.807, 2.05) is 0 Å². The smallest absolute Gasteiger partial charge is 0.258 e. The Morgan fingerprint density at radius 1 is 1.39 bits per heavy atom. The van der Waals surface area contributed by atoms with Crippen molar-refractivity contribution >= 4 is 15.7 Å². The normalized spacial score (nSPS) is 10.8. The lowest BCUT2D eigenvalue weighted by atomic mass is 10.2. The molecule has 0 aliphatic heterocycles. The van der Waals surface area contributed by atoms with Crippen LogP contribution in [0.25, 0.3) is 0 Å². The molecule has 1 aromatic carbocycles. The van der Waals surface area contributed by atoms with Gasteiger partial charge in [-0.1, -0.05) is 18.2 Å². The molecule has 0 aliphatic rings. The van der Waals surface area contributed by atoms with E-state index >= 15 is 0 Å². The van der Waals surface area contributed by atoms with Crippen molar-refractivity contribution in [3.05, 3.63) is 39.9 Å². The highest BCUT2D eigenvalue weighted by Gasteiger charge is 2.19. The molecule has 0 atom stereocenters. The largest absolute Gasteiger partial charge is 0.273 e. The number of benzene rings is 1. The van der Waals surface area contributed by atoms with Crippen molar-refractivity contribution in [3.63, 3.8) is 0 Å². The predicted octanol–water partition coefficient (Wildman–Crippen LogP) is 0.928. The number of nitro benzene ring substituents is 1. The second-order valence-electron chi connectivity index (χ2n) is 3.45. The van der Waals surface area contributed by atoms with Crippen LogP contribution in [0.5, 0.6) is 0 Å². The Morgan fingerprint density at radius 2 is 2.06 bits per heavy atom. The third-order valence-electron chi connectivity index (χ3n) is 2.09. The lowest BCUT2D eigenvalue weighted by molar-refractivity contribution is -0.385. The maximum Gasteiger partial charge on any atom is 0.273 e. The Morgan fingerprint density at radius 3 is 2.67 bits per heavy atom. The van der Waals surface area contributed by atoms with Gasteiger partial charge in [0.25, 0.3) is 5.69 Å². The third kappa shape index (κ3) is 4.12. The van der Waals surface area contributed by atoms with Crippen LogP contribution in [0.2, 0.25) is 0 Å². The fourth-order valence-electron chi connectivity index (χ4n) is 1.33. The van der Waals surface area contributed by atoms with Crippen molar-refractivity contribution in [1.29, 1.82) is 5.26 Å². The number of nitrogens with zero attached hydrogens (tertiary/aromatic N) is 2. The fourth-order valence-corrected chi connectivity index (χ4v) is 2.50. The Kier molecular flexibility index (Phi) is 4.76. The molecule has 1 aromatic rings. The Bertz CT molecular complexity index is 577. The van der Waals surface area contributed by atoms with Gasteiger partial charge in [0.1, 0.15) is 0 Å². The van der Waals surface area contributed by atoms with Crippen LogP contribution in [0.1, 0.15) is 12.0 Å². The van der Waals surface area contributed by atoms with Gasteiger partial charge in [-0.2, -0.15) is 5.26 Å². The Labute approximate surface area is 104 Å². The van der Waals surface area contributed by atoms with E-state index in [0.717, 1.165) is 0 Å². The first-order valence-electron chi connectivity index (χ1n) is 5.03. The molecule has 0 saturated heterocycles. The van der Waals surface area contributed by atoms with E-state index in [2.05, 4.69) is 4.72 Å². The van der Waals surface area contributed by atoms with Gasteiger partial charge in [0.2, 0.25) is 10.0 Å². The quantitative estimate of drug-likeness (QED) is 0.469. The van der Waals surface area contributed by atoms with Gasteiger partial charge < -0.3 is 0 Å². The molecule has 0 aliphatic carbocycles. The zero-order valence-electron chi connectivity index (χ0n) is 9.37. The Balaban J connectivity index is 2.85. The molecule has 0 spiro atoms. The van der Waals surface area contributed by atoms with E-state index in [-0.39, 0.29) is 24.2 Å². The van der Waals surface area contributed by atoms with E-state index in [0.29, 0.717) is 0 Å². The van der Waals surface area contributed by atoms with Crippen molar-refractivity contribution < 1.29 is 13.3 Å². The predicted molar refractivity (Wildman–Crippen MR) is 64.0 cm³/mol. The summed E-state index contributed by atoms with van der Waals surface area (Å²) in [6.07, 6.45) is 0.0517. The maximum absolute atomic E-state index is 11.6. The topological polar surface area (TPSA) is 113 Å². The highest BCUT2D eigenvalue weighted by atomic mass is 32.2. The number of hydrogen-bond donors (Lipinski definition) is 1. The molecule has 0 unspecified atom stereocenters. The fraction of sp³-hybridized carbons (Fsp3) is 0.300. The highest BCUT2D eigenvalue weighted by Crippen LogP contribution is 2.19. The summed E-state index contributed by atoms with van der Waals surface area (Å²) < 4.78 is 25.4. The molecule has 0 aromatic heterocycles. The van der Waals surface area contributed by atoms with E-state index in [9.17, 15) is 18.5 Å². The molecule has 18 heavy (non-hydrogen) atoms. The number of para-hydroxylation sites is 1. The van der Waals surface area contributed by atoms with Crippen molar-refractivity contribution in [2.75, 3.05) is 6.54 Å². The molecule has 0 saturated carbocycles. The number of rotatable bonds is 6. The molecule has 0 radical (unpaired) electrons. The molecule has 0 amide bonds. The van der Waals surface area contributed by atoms with E-state index in [1.165, 1.54) is 24.3 Å². The molecule has 0 fully saturated rings. The van der Waals surface area contributed by atoms with E-state index in [1.54, 1.807) is 6.07 Å². The lowest BCUT2D eigenvalue weighted by Crippen LogP contribution is -2.26. The lowest BCUT2D eigenvalue weighted by Gasteiger charge is -2.05. The number of nitrogens with one attached hydrogen (secondary N) is 1. The first kappa shape index (κ1) is 14.1. The average Bonchev–Trinajstić information content (AvgIpc) is 2.29. The zero-order valence-corrected chi connectivity index (χ0v) is 10.2. The third-order valence-corrected chi connectivity index (χ3v) is 3.43. The van der Waals surface area contributed by atoms with Crippen LogP contribution in [0, 0.1) is 21.4 Å². The summed E-state index contributed by atoms with van der Waals surface area (Å²) in [5.74, 6) is -0.477. The number of hydrogen-bond acceptors (Lipinski definition) is 5. The number of nitriles is 1. The summed E-state index contributed by atoms with van der Waals surface area (Å²) in [5.41, 5.74) is -0.116. The first-order valence-corrected chi connectivity index (χ1v) is 6.68. The monoisotopic (exact) mass is 269 g/mol. The van der Waals surface area contributed by atoms with Crippen LogP contribution < -0.4 is 4.72 Å². The SMILES string of the molecule is N#CCCNS(=O)(=O)Cc1ccccc1[N+](=O)[O-]. The minimum atomic E-state index is -3.67. The average molecular weight is 269 g/mol. The van der Waals surface area contributed by atoms with E-state index in [4.69, 9.17) is 5.26 Å². The molecular weight excluding hydrogens is 258 g/mol. The van der Waals surface area contributed by atoms with Gasteiger partial charge in [-0.25, -0.2) is 13.1 Å². The van der Waals surface area contributed by atoms with Gasteiger partial charge in [-0.3, -0.25) is 10.1 Å². The summed E-state index contributed by atoms with van der Waals surface area (Å²) in [4.78, 5) is 10.1. The first-order chi connectivity index (χ1) is 8.46. The summed E-state index contributed by atoms with van der Waals surface area (Å²) in [5, 5.41) is 19.0. The second kappa shape index (κ2) is 6.09. The number of sulfonamides is 1. The van der Waals surface area contributed by atoms with Crippen LogP contribution in [0.15, 0.2) is 24.3 Å². The summed E-state index contributed by atoms with van der Waals surface area (Å²) in [6.45, 7) is -0.000531. The van der Waals surface area contributed by atoms with Gasteiger partial charge >= 0.3 is 0 Å². The van der Waals surface area contributed by atoms with Crippen LogP contribution in [-0.4, -0.2) is 19.9 Å². The van der Waals surface area contributed by atoms with Gasteiger partial charge in [-0.15, -0.1) is 0 Å². The molecule has 1 N–H and O–H groups in total. The minimum Gasteiger partial charge on any atom is -0.258 e. The maximum atomic E-state index is 11.6. The van der Waals surface area contributed by atoms with Crippen LogP contribution in [0.4, 0.5) is 5.69 Å². The zero-order chi connectivity index (χ0) is 13.6. The molecule has 0 bridgehead atoms. The van der Waals surface area contributed by atoms with Gasteiger partial charge in [0, 0.05) is 24.6 Å². The molecule has 96 valence electrons.